The molecule has 0 heterocycles. The molecule has 22 heavy (non-hydrogen) atoms. The van der Waals surface area contributed by atoms with Crippen molar-refractivity contribution < 1.29 is 23.5 Å². The summed E-state index contributed by atoms with van der Waals surface area (Å²) in [6.07, 6.45) is 0.0451. The molecular formula is C15H19FN2O4. The van der Waals surface area contributed by atoms with Gasteiger partial charge < -0.3 is 15.0 Å². The summed E-state index contributed by atoms with van der Waals surface area (Å²) >= 11 is 0. The maximum atomic E-state index is 12.9. The molecule has 0 saturated heterocycles. The van der Waals surface area contributed by atoms with Crippen molar-refractivity contribution in [2.45, 2.75) is 13.3 Å². The van der Waals surface area contributed by atoms with Crippen LogP contribution in [0.1, 0.15) is 23.7 Å². The minimum absolute atomic E-state index is 0.0451. The van der Waals surface area contributed by atoms with Crippen molar-refractivity contribution in [3.05, 3.63) is 35.6 Å². The van der Waals surface area contributed by atoms with Crippen LogP contribution in [-0.4, -0.2) is 49.4 Å². The van der Waals surface area contributed by atoms with Gasteiger partial charge in [0.15, 0.2) is 0 Å². The number of amides is 2. The zero-order chi connectivity index (χ0) is 16.5. The molecule has 0 fully saturated rings. The predicted molar refractivity (Wildman–Crippen MR) is 77.6 cm³/mol. The maximum absolute atomic E-state index is 12.9. The lowest BCUT2D eigenvalue weighted by molar-refractivity contribution is -0.140. The van der Waals surface area contributed by atoms with Crippen LogP contribution in [0.25, 0.3) is 0 Å². The Hall–Kier alpha value is -2.44. The van der Waals surface area contributed by atoms with Crippen LogP contribution >= 0.6 is 0 Å². The fraction of sp³-hybridized carbons (Fsp3) is 0.400. The zero-order valence-corrected chi connectivity index (χ0v) is 12.6. The SMILES string of the molecule is COC(=O)CCN(CCNC(C)=O)C(=O)c1ccc(F)cc1. The number of nitrogens with zero attached hydrogens (tertiary/aromatic N) is 1. The average Bonchev–Trinajstić information content (AvgIpc) is 2.50. The third-order valence-corrected chi connectivity index (χ3v) is 2.95. The number of benzene rings is 1. The number of hydrogen-bond acceptors (Lipinski definition) is 4. The third kappa shape index (κ3) is 5.90. The fourth-order valence-electron chi connectivity index (χ4n) is 1.79. The van der Waals surface area contributed by atoms with E-state index in [-0.39, 0.29) is 37.9 Å². The molecule has 120 valence electrons. The number of ether oxygens (including phenoxy) is 1. The first-order chi connectivity index (χ1) is 10.4. The molecule has 6 nitrogen and oxygen atoms in total. The zero-order valence-electron chi connectivity index (χ0n) is 12.6. The molecule has 0 bridgehead atoms. The lowest BCUT2D eigenvalue weighted by Crippen LogP contribution is -2.39. The third-order valence-electron chi connectivity index (χ3n) is 2.95. The quantitative estimate of drug-likeness (QED) is 0.761. The van der Waals surface area contributed by atoms with E-state index in [1.165, 1.54) is 43.2 Å². The van der Waals surface area contributed by atoms with Gasteiger partial charge in [-0.05, 0) is 24.3 Å². The first kappa shape index (κ1) is 17.6. The van der Waals surface area contributed by atoms with Gasteiger partial charge in [-0.15, -0.1) is 0 Å². The summed E-state index contributed by atoms with van der Waals surface area (Å²) in [5.74, 6) is -1.41. The second-order valence-electron chi connectivity index (χ2n) is 4.61. The second kappa shape index (κ2) is 8.76. The first-order valence-electron chi connectivity index (χ1n) is 6.80. The molecule has 1 N–H and O–H groups in total. The van der Waals surface area contributed by atoms with Gasteiger partial charge in [-0.2, -0.15) is 0 Å². The Morgan fingerprint density at radius 2 is 1.82 bits per heavy atom. The van der Waals surface area contributed by atoms with Gasteiger partial charge in [-0.25, -0.2) is 4.39 Å². The van der Waals surface area contributed by atoms with Gasteiger partial charge in [-0.3, -0.25) is 14.4 Å². The molecule has 0 saturated carbocycles. The highest BCUT2D eigenvalue weighted by Crippen LogP contribution is 2.07. The predicted octanol–water partition coefficient (Wildman–Crippen LogP) is 0.967. The molecule has 2 amide bonds. The van der Waals surface area contributed by atoms with Gasteiger partial charge in [0.25, 0.3) is 5.91 Å². The molecule has 0 aliphatic heterocycles. The van der Waals surface area contributed by atoms with Crippen molar-refractivity contribution in [1.82, 2.24) is 10.2 Å². The van der Waals surface area contributed by atoms with Crippen LogP contribution in [0.15, 0.2) is 24.3 Å². The summed E-state index contributed by atoms with van der Waals surface area (Å²) in [6, 6.07) is 5.14. The number of methoxy groups -OCH3 is 1. The van der Waals surface area contributed by atoms with Crippen LogP contribution in [0.2, 0.25) is 0 Å². The average molecular weight is 310 g/mol. The summed E-state index contributed by atoms with van der Waals surface area (Å²) in [5, 5.41) is 2.58. The number of hydrogen-bond donors (Lipinski definition) is 1. The molecule has 0 unspecified atom stereocenters. The number of carbonyl (C=O) groups is 3. The van der Waals surface area contributed by atoms with Crippen LogP contribution in [0.5, 0.6) is 0 Å². The molecule has 1 rings (SSSR count). The highest BCUT2D eigenvalue weighted by Gasteiger charge is 2.17. The van der Waals surface area contributed by atoms with E-state index in [9.17, 15) is 18.8 Å². The summed E-state index contributed by atoms with van der Waals surface area (Å²) in [6.45, 7) is 2.04. The first-order valence-corrected chi connectivity index (χ1v) is 6.80. The normalized spacial score (nSPS) is 9.95. The number of nitrogens with one attached hydrogen (secondary N) is 1. The minimum atomic E-state index is -0.434. The Bertz CT molecular complexity index is 531. The van der Waals surface area contributed by atoms with Crippen LogP contribution in [0.3, 0.4) is 0 Å². The smallest absolute Gasteiger partial charge is 0.307 e. The van der Waals surface area contributed by atoms with Crippen LogP contribution in [-0.2, 0) is 14.3 Å². The number of rotatable bonds is 7. The Kier molecular flexibility index (Phi) is 7.01. The standard InChI is InChI=1S/C15H19FN2O4/c1-11(19)17-8-10-18(9-7-14(20)22-2)15(21)12-3-5-13(16)6-4-12/h3-6H,7-10H2,1-2H3,(H,17,19). The lowest BCUT2D eigenvalue weighted by atomic mass is 10.2. The maximum Gasteiger partial charge on any atom is 0.307 e. The summed E-state index contributed by atoms with van der Waals surface area (Å²) in [7, 11) is 1.27. The minimum Gasteiger partial charge on any atom is -0.469 e. The highest BCUT2D eigenvalue weighted by atomic mass is 19.1. The van der Waals surface area contributed by atoms with Gasteiger partial charge in [-0.1, -0.05) is 0 Å². The molecule has 0 radical (unpaired) electrons. The van der Waals surface area contributed by atoms with Gasteiger partial charge >= 0.3 is 5.97 Å². The van der Waals surface area contributed by atoms with E-state index in [2.05, 4.69) is 10.1 Å². The van der Waals surface area contributed by atoms with Crippen LogP contribution < -0.4 is 5.32 Å². The Morgan fingerprint density at radius 3 is 2.36 bits per heavy atom. The van der Waals surface area contributed by atoms with E-state index < -0.39 is 11.8 Å². The van der Waals surface area contributed by atoms with Crippen molar-refractivity contribution >= 4 is 17.8 Å². The molecule has 0 aliphatic rings. The highest BCUT2D eigenvalue weighted by molar-refractivity contribution is 5.94. The molecule has 0 spiro atoms. The van der Waals surface area contributed by atoms with E-state index in [4.69, 9.17) is 0 Å². The van der Waals surface area contributed by atoms with Crippen molar-refractivity contribution in [2.75, 3.05) is 26.7 Å². The summed E-state index contributed by atoms with van der Waals surface area (Å²) in [4.78, 5) is 35.9. The fourth-order valence-corrected chi connectivity index (χ4v) is 1.79. The van der Waals surface area contributed by atoms with Crippen LogP contribution in [0.4, 0.5) is 4.39 Å². The number of esters is 1. The number of halogens is 1. The van der Waals surface area contributed by atoms with E-state index >= 15 is 0 Å². The molecular weight excluding hydrogens is 291 g/mol. The van der Waals surface area contributed by atoms with Crippen molar-refractivity contribution in [2.24, 2.45) is 0 Å². The van der Waals surface area contributed by atoms with Gasteiger partial charge in [0, 0.05) is 32.1 Å². The molecule has 0 aromatic heterocycles. The van der Waals surface area contributed by atoms with Crippen molar-refractivity contribution in [1.29, 1.82) is 0 Å². The van der Waals surface area contributed by atoms with Gasteiger partial charge in [0.1, 0.15) is 5.82 Å². The Morgan fingerprint density at radius 1 is 1.18 bits per heavy atom. The van der Waals surface area contributed by atoms with Gasteiger partial charge in [0.05, 0.1) is 13.5 Å². The Labute approximate surface area is 128 Å². The Balaban J connectivity index is 2.73. The second-order valence-corrected chi connectivity index (χ2v) is 4.61. The van der Waals surface area contributed by atoms with Crippen LogP contribution in [0, 0.1) is 5.82 Å². The monoisotopic (exact) mass is 310 g/mol. The van der Waals surface area contributed by atoms with E-state index in [1.807, 2.05) is 0 Å². The largest absolute Gasteiger partial charge is 0.469 e. The molecule has 0 atom stereocenters. The van der Waals surface area contributed by atoms with E-state index in [1.54, 1.807) is 0 Å². The van der Waals surface area contributed by atoms with E-state index in [0.717, 1.165) is 0 Å². The van der Waals surface area contributed by atoms with Crippen molar-refractivity contribution in [3.63, 3.8) is 0 Å². The topological polar surface area (TPSA) is 75.7 Å². The summed E-state index contributed by atoms with van der Waals surface area (Å²) in [5.41, 5.74) is 0.314. The van der Waals surface area contributed by atoms with E-state index in [0.29, 0.717) is 5.56 Å². The molecule has 1 aromatic rings. The molecule has 1 aromatic carbocycles. The molecule has 0 aliphatic carbocycles. The number of carbonyl (C=O) groups excluding carboxylic acids is 3. The lowest BCUT2D eigenvalue weighted by Gasteiger charge is -2.22. The summed E-state index contributed by atoms with van der Waals surface area (Å²) < 4.78 is 17.5. The van der Waals surface area contributed by atoms with Crippen molar-refractivity contribution in [3.8, 4) is 0 Å². The molecule has 7 heteroatoms. The van der Waals surface area contributed by atoms with Gasteiger partial charge in [0.2, 0.25) is 5.91 Å².